The largest absolute Gasteiger partial charge is 0.480 e. The molecule has 2 saturated heterocycles. The first-order valence-corrected chi connectivity index (χ1v) is 12.6. The first-order chi connectivity index (χ1) is 14.8. The molecular formula is C23H28N2O3S3. The van der Waals surface area contributed by atoms with E-state index in [1.54, 1.807) is 6.08 Å². The SMILES string of the molecule is CCCCCN1/C(=C/C=C(C)/C=C2/SC(=S)N(CC(=O)O)C2=O)SC2C=C(C)C=CC21. The zero-order valence-electron chi connectivity index (χ0n) is 18.0. The molecule has 3 rings (SSSR count). The fourth-order valence-corrected chi connectivity index (χ4v) is 6.41. The maximum Gasteiger partial charge on any atom is 0.323 e. The van der Waals surface area contributed by atoms with Crippen molar-refractivity contribution in [2.45, 2.75) is 51.3 Å². The van der Waals surface area contributed by atoms with E-state index in [1.807, 2.05) is 24.8 Å². The highest BCUT2D eigenvalue weighted by atomic mass is 32.2. The second-order valence-corrected chi connectivity index (χ2v) is 10.7. The summed E-state index contributed by atoms with van der Waals surface area (Å²) in [6.07, 6.45) is 16.4. The summed E-state index contributed by atoms with van der Waals surface area (Å²) in [5.41, 5.74) is 2.23. The number of allylic oxidation sites excluding steroid dienone is 6. The zero-order valence-corrected chi connectivity index (χ0v) is 20.5. The summed E-state index contributed by atoms with van der Waals surface area (Å²) < 4.78 is 0.288. The van der Waals surface area contributed by atoms with Gasteiger partial charge in [0, 0.05) is 6.54 Å². The fourth-order valence-electron chi connectivity index (χ4n) is 3.67. The first-order valence-electron chi connectivity index (χ1n) is 10.5. The lowest BCUT2D eigenvalue weighted by Crippen LogP contribution is -2.33. The number of thioether (sulfide) groups is 2. The Morgan fingerprint density at radius 1 is 1.35 bits per heavy atom. The van der Waals surface area contributed by atoms with Crippen LogP contribution in [0, 0.1) is 0 Å². The molecule has 0 spiro atoms. The average Bonchev–Trinajstić information content (AvgIpc) is 3.17. The number of thiocarbonyl (C=S) groups is 1. The molecule has 5 nitrogen and oxygen atoms in total. The minimum absolute atomic E-state index is 0.288. The second-order valence-electron chi connectivity index (χ2n) is 7.82. The smallest absolute Gasteiger partial charge is 0.323 e. The van der Waals surface area contributed by atoms with E-state index in [9.17, 15) is 9.59 Å². The summed E-state index contributed by atoms with van der Waals surface area (Å²) in [6.45, 7) is 6.93. The lowest BCUT2D eigenvalue weighted by molar-refractivity contribution is -0.140. The minimum Gasteiger partial charge on any atom is -0.480 e. The third kappa shape index (κ3) is 5.93. The standard InChI is InChI=1S/C23H28N2O3S3/c1-4-5-6-11-24-17-9-7-15(2)12-18(17)30-20(24)10-8-16(3)13-19-22(28)25(14-21(26)27)23(29)31-19/h7-10,12-13,17-18H,4-6,11,14H2,1-3H3,(H,26,27)/b16-8+,19-13+,20-10-. The van der Waals surface area contributed by atoms with Gasteiger partial charge in [-0.2, -0.15) is 0 Å². The number of carbonyl (C=O) groups excluding carboxylic acids is 1. The van der Waals surface area contributed by atoms with E-state index in [4.69, 9.17) is 17.3 Å². The van der Waals surface area contributed by atoms with E-state index in [0.717, 1.165) is 28.8 Å². The van der Waals surface area contributed by atoms with Crippen LogP contribution in [0.2, 0.25) is 0 Å². The van der Waals surface area contributed by atoms with Gasteiger partial charge in [0.15, 0.2) is 0 Å². The Balaban J connectivity index is 1.76. The van der Waals surface area contributed by atoms with Crippen LogP contribution in [0.4, 0.5) is 0 Å². The average molecular weight is 477 g/mol. The van der Waals surface area contributed by atoms with Crippen molar-refractivity contribution in [1.29, 1.82) is 0 Å². The van der Waals surface area contributed by atoms with Crippen LogP contribution in [0.25, 0.3) is 0 Å². The Morgan fingerprint density at radius 2 is 2.13 bits per heavy atom. The second kappa shape index (κ2) is 10.7. The van der Waals surface area contributed by atoms with E-state index in [0.29, 0.717) is 16.2 Å². The fraction of sp³-hybridized carbons (Fsp3) is 0.435. The molecule has 2 unspecified atom stereocenters. The van der Waals surface area contributed by atoms with E-state index >= 15 is 0 Å². The molecule has 2 fully saturated rings. The molecule has 2 heterocycles. The monoisotopic (exact) mass is 476 g/mol. The highest BCUT2D eigenvalue weighted by Gasteiger charge is 2.36. The van der Waals surface area contributed by atoms with Crippen molar-refractivity contribution in [1.82, 2.24) is 9.80 Å². The van der Waals surface area contributed by atoms with Crippen LogP contribution in [0.5, 0.6) is 0 Å². The maximum atomic E-state index is 12.5. The Bertz CT molecular complexity index is 917. The van der Waals surface area contributed by atoms with Gasteiger partial charge in [-0.25, -0.2) is 0 Å². The number of carboxylic acid groups (broad SMARTS) is 1. The van der Waals surface area contributed by atoms with E-state index < -0.39 is 12.5 Å². The molecule has 1 N–H and O–H groups in total. The lowest BCUT2D eigenvalue weighted by atomic mass is 10.0. The highest BCUT2D eigenvalue weighted by Crippen LogP contribution is 2.42. The summed E-state index contributed by atoms with van der Waals surface area (Å²) in [5.74, 6) is -1.42. The van der Waals surface area contributed by atoms with Gasteiger partial charge >= 0.3 is 5.97 Å². The molecule has 0 aromatic rings. The van der Waals surface area contributed by atoms with Gasteiger partial charge in [0.05, 0.1) is 21.2 Å². The number of carboxylic acids is 1. The van der Waals surface area contributed by atoms with Crippen LogP contribution in [-0.4, -0.2) is 55.5 Å². The quantitative estimate of drug-likeness (QED) is 0.297. The Morgan fingerprint density at radius 3 is 2.84 bits per heavy atom. The van der Waals surface area contributed by atoms with Crippen LogP contribution in [0.1, 0.15) is 40.0 Å². The summed E-state index contributed by atoms with van der Waals surface area (Å²) in [7, 11) is 0. The number of hydrogen-bond acceptors (Lipinski definition) is 6. The third-order valence-corrected chi connectivity index (χ3v) is 7.91. The Hall–Kier alpha value is -1.77. The van der Waals surface area contributed by atoms with Crippen LogP contribution in [0.15, 0.2) is 57.5 Å². The van der Waals surface area contributed by atoms with Gasteiger partial charge in [-0.05, 0) is 38.0 Å². The van der Waals surface area contributed by atoms with Crippen LogP contribution < -0.4 is 0 Å². The molecular weight excluding hydrogens is 448 g/mol. The van der Waals surface area contributed by atoms with Crippen molar-refractivity contribution >= 4 is 51.9 Å². The number of carbonyl (C=O) groups is 2. The summed E-state index contributed by atoms with van der Waals surface area (Å²) in [5, 5.41) is 10.6. The molecule has 2 atom stereocenters. The van der Waals surface area contributed by atoms with Crippen molar-refractivity contribution in [3.63, 3.8) is 0 Å². The first kappa shape index (κ1) is 23.9. The van der Waals surface area contributed by atoms with Gasteiger partial charge in [0.2, 0.25) is 0 Å². The van der Waals surface area contributed by atoms with Gasteiger partial charge in [0.1, 0.15) is 10.9 Å². The molecule has 1 amide bonds. The summed E-state index contributed by atoms with van der Waals surface area (Å²) >= 11 is 8.20. The summed E-state index contributed by atoms with van der Waals surface area (Å²) in [6, 6.07) is 0.387. The molecule has 3 aliphatic rings. The van der Waals surface area contributed by atoms with Gasteiger partial charge in [0.25, 0.3) is 5.91 Å². The summed E-state index contributed by atoms with van der Waals surface area (Å²) in [4.78, 5) is 27.5. The van der Waals surface area contributed by atoms with E-state index in [1.165, 1.54) is 29.9 Å². The van der Waals surface area contributed by atoms with E-state index in [-0.39, 0.29) is 10.2 Å². The van der Waals surface area contributed by atoms with E-state index in [2.05, 4.69) is 43.1 Å². The number of hydrogen-bond donors (Lipinski definition) is 1. The van der Waals surface area contributed by atoms with Crippen LogP contribution in [0.3, 0.4) is 0 Å². The molecule has 0 aromatic carbocycles. The Kier molecular flexibility index (Phi) is 8.24. The van der Waals surface area contributed by atoms with Crippen molar-refractivity contribution < 1.29 is 14.7 Å². The predicted molar refractivity (Wildman–Crippen MR) is 134 cm³/mol. The molecule has 0 aromatic heterocycles. The lowest BCUT2D eigenvalue weighted by Gasteiger charge is -2.28. The van der Waals surface area contributed by atoms with Crippen molar-refractivity contribution in [3.05, 3.63) is 57.5 Å². The normalized spacial score (nSPS) is 26.3. The van der Waals surface area contributed by atoms with Crippen molar-refractivity contribution in [3.8, 4) is 0 Å². The number of fused-ring (bicyclic) bond motifs is 1. The van der Waals surface area contributed by atoms with Gasteiger partial charge in [-0.3, -0.25) is 14.5 Å². The number of nitrogens with zero attached hydrogens (tertiary/aromatic N) is 2. The predicted octanol–water partition coefficient (Wildman–Crippen LogP) is 5.10. The molecule has 0 bridgehead atoms. The number of rotatable bonds is 8. The molecule has 0 saturated carbocycles. The minimum atomic E-state index is -1.07. The number of amides is 1. The molecule has 0 radical (unpaired) electrons. The van der Waals surface area contributed by atoms with Crippen LogP contribution in [-0.2, 0) is 9.59 Å². The third-order valence-electron chi connectivity index (χ3n) is 5.24. The van der Waals surface area contributed by atoms with Crippen molar-refractivity contribution in [2.24, 2.45) is 0 Å². The van der Waals surface area contributed by atoms with Crippen molar-refractivity contribution in [2.75, 3.05) is 13.1 Å². The molecule has 1 aliphatic carbocycles. The molecule has 31 heavy (non-hydrogen) atoms. The number of unbranched alkanes of at least 4 members (excludes halogenated alkanes) is 2. The maximum absolute atomic E-state index is 12.5. The highest BCUT2D eigenvalue weighted by molar-refractivity contribution is 8.26. The van der Waals surface area contributed by atoms with Gasteiger partial charge in [-0.15, -0.1) is 0 Å². The Labute approximate surface area is 198 Å². The van der Waals surface area contributed by atoms with Crippen LogP contribution >= 0.6 is 35.7 Å². The van der Waals surface area contributed by atoms with Gasteiger partial charge in [-0.1, -0.05) is 85.4 Å². The number of aliphatic carboxylic acids is 1. The molecule has 8 heteroatoms. The topological polar surface area (TPSA) is 60.9 Å². The van der Waals surface area contributed by atoms with Gasteiger partial charge < -0.3 is 10.0 Å². The zero-order chi connectivity index (χ0) is 22.5. The molecule has 166 valence electrons. The molecule has 2 aliphatic heterocycles.